The minimum absolute atomic E-state index is 0.0187. The van der Waals surface area contributed by atoms with Crippen LogP contribution in [0.2, 0.25) is 0 Å². The van der Waals surface area contributed by atoms with E-state index in [1.54, 1.807) is 0 Å². The van der Waals surface area contributed by atoms with Crippen molar-refractivity contribution in [3.05, 3.63) is 23.8 Å². The molecule has 1 aromatic carbocycles. The van der Waals surface area contributed by atoms with E-state index in [1.165, 1.54) is 0 Å². The topological polar surface area (TPSA) is 64.4 Å². The zero-order valence-electron chi connectivity index (χ0n) is 10.7. The molecule has 1 aliphatic heterocycles. The number of nitrogens with two attached hydrogens (primary N) is 1. The molecule has 0 fully saturated rings. The normalized spacial score (nSPS) is 14.8. The molecule has 98 valence electrons. The molecule has 3 N–H and O–H groups in total. The first-order chi connectivity index (χ1) is 8.69. The van der Waals surface area contributed by atoms with Gasteiger partial charge in [-0.3, -0.25) is 4.79 Å². The molecule has 18 heavy (non-hydrogen) atoms. The zero-order chi connectivity index (χ0) is 13.0. The van der Waals surface area contributed by atoms with Gasteiger partial charge in [-0.05, 0) is 30.2 Å². The molecule has 0 spiro atoms. The molecule has 1 heterocycles. The number of rotatable bonds is 5. The highest BCUT2D eigenvalue weighted by Crippen LogP contribution is 2.27. The summed E-state index contributed by atoms with van der Waals surface area (Å²) < 4.78 is 5.42. The van der Waals surface area contributed by atoms with Crippen LogP contribution in [0.4, 0.5) is 5.69 Å². The molecule has 0 saturated carbocycles. The molecule has 4 nitrogen and oxygen atoms in total. The fourth-order valence-electron chi connectivity index (χ4n) is 2.19. The zero-order valence-corrected chi connectivity index (χ0v) is 10.7. The number of anilines is 1. The van der Waals surface area contributed by atoms with E-state index in [-0.39, 0.29) is 11.9 Å². The Kier molecular flexibility index (Phi) is 4.20. The summed E-state index contributed by atoms with van der Waals surface area (Å²) in [5.74, 6) is 0.908. The van der Waals surface area contributed by atoms with Crippen LogP contribution in [0.3, 0.4) is 0 Å². The summed E-state index contributed by atoms with van der Waals surface area (Å²) in [6.07, 6.45) is 3.17. The van der Waals surface area contributed by atoms with Crippen molar-refractivity contribution in [2.75, 3.05) is 11.9 Å². The third kappa shape index (κ3) is 3.23. The fourth-order valence-corrected chi connectivity index (χ4v) is 2.19. The number of benzene rings is 1. The Morgan fingerprint density at radius 1 is 1.56 bits per heavy atom. The summed E-state index contributed by atoms with van der Waals surface area (Å²) in [7, 11) is 0. The third-order valence-corrected chi connectivity index (χ3v) is 3.08. The monoisotopic (exact) mass is 248 g/mol. The van der Waals surface area contributed by atoms with Crippen molar-refractivity contribution in [1.29, 1.82) is 0 Å². The maximum atomic E-state index is 11.8. The molecular formula is C14H20N2O2. The quantitative estimate of drug-likeness (QED) is 0.838. The maximum Gasteiger partial charge on any atom is 0.225 e. The number of hydrogen-bond donors (Lipinski definition) is 2. The summed E-state index contributed by atoms with van der Waals surface area (Å²) in [5.41, 5.74) is 7.83. The predicted octanol–water partition coefficient (Wildman–Crippen LogP) is 2.08. The van der Waals surface area contributed by atoms with E-state index in [4.69, 9.17) is 10.5 Å². The maximum absolute atomic E-state index is 11.8. The van der Waals surface area contributed by atoms with Gasteiger partial charge < -0.3 is 15.8 Å². The number of carbonyl (C=O) groups is 1. The molecule has 1 amide bonds. The molecule has 1 atom stereocenters. The van der Waals surface area contributed by atoms with Crippen LogP contribution < -0.4 is 15.8 Å². The first kappa shape index (κ1) is 12.9. The van der Waals surface area contributed by atoms with Crippen LogP contribution in [-0.4, -0.2) is 18.6 Å². The minimum atomic E-state index is -0.0484. The lowest BCUT2D eigenvalue weighted by Crippen LogP contribution is -2.26. The summed E-state index contributed by atoms with van der Waals surface area (Å²) in [6, 6.07) is 5.70. The van der Waals surface area contributed by atoms with Gasteiger partial charge in [0.15, 0.2) is 0 Å². The van der Waals surface area contributed by atoms with Gasteiger partial charge in [0.25, 0.3) is 0 Å². The number of amides is 1. The number of carbonyl (C=O) groups excluding carboxylic acids is 1. The number of hydrogen-bond acceptors (Lipinski definition) is 3. The second-order valence-corrected chi connectivity index (χ2v) is 4.72. The molecule has 1 unspecified atom stereocenters. The Morgan fingerprint density at radius 2 is 2.39 bits per heavy atom. The van der Waals surface area contributed by atoms with Gasteiger partial charge in [0.1, 0.15) is 5.75 Å². The summed E-state index contributed by atoms with van der Waals surface area (Å²) in [5, 5.41) is 2.89. The van der Waals surface area contributed by atoms with Crippen molar-refractivity contribution in [2.24, 2.45) is 5.73 Å². The summed E-state index contributed by atoms with van der Waals surface area (Å²) >= 11 is 0. The Balaban J connectivity index is 1.91. The van der Waals surface area contributed by atoms with E-state index < -0.39 is 0 Å². The average Bonchev–Trinajstić information content (AvgIpc) is 2.76. The van der Waals surface area contributed by atoms with Crippen molar-refractivity contribution in [3.63, 3.8) is 0 Å². The van der Waals surface area contributed by atoms with Gasteiger partial charge in [-0.2, -0.15) is 0 Å². The Hall–Kier alpha value is -1.55. The first-order valence-corrected chi connectivity index (χ1v) is 6.50. The highest BCUT2D eigenvalue weighted by atomic mass is 16.5. The van der Waals surface area contributed by atoms with Crippen molar-refractivity contribution in [3.8, 4) is 5.75 Å². The van der Waals surface area contributed by atoms with Gasteiger partial charge in [0.2, 0.25) is 5.91 Å². The van der Waals surface area contributed by atoms with Crippen molar-refractivity contribution in [1.82, 2.24) is 0 Å². The predicted molar refractivity (Wildman–Crippen MR) is 71.8 cm³/mol. The van der Waals surface area contributed by atoms with Crippen LogP contribution in [-0.2, 0) is 11.2 Å². The largest absolute Gasteiger partial charge is 0.493 e. The Morgan fingerprint density at radius 3 is 3.17 bits per heavy atom. The number of ether oxygens (including phenoxy) is 1. The van der Waals surface area contributed by atoms with Crippen LogP contribution >= 0.6 is 0 Å². The van der Waals surface area contributed by atoms with Crippen LogP contribution in [0.5, 0.6) is 5.75 Å². The van der Waals surface area contributed by atoms with Gasteiger partial charge in [0.05, 0.1) is 6.61 Å². The van der Waals surface area contributed by atoms with Gasteiger partial charge >= 0.3 is 0 Å². The summed E-state index contributed by atoms with van der Waals surface area (Å²) in [6.45, 7) is 2.80. The number of fused-ring (bicyclic) bond motifs is 1. The SMILES string of the molecule is CCCC(N)CC(=O)Nc1ccc2c(c1)CCO2. The minimum Gasteiger partial charge on any atom is -0.493 e. The fraction of sp³-hybridized carbons (Fsp3) is 0.500. The highest BCUT2D eigenvalue weighted by molar-refractivity contribution is 5.91. The average molecular weight is 248 g/mol. The lowest BCUT2D eigenvalue weighted by atomic mass is 10.1. The van der Waals surface area contributed by atoms with Gasteiger partial charge in [0, 0.05) is 24.6 Å². The molecule has 0 saturated heterocycles. The number of nitrogens with one attached hydrogen (secondary N) is 1. The second-order valence-electron chi connectivity index (χ2n) is 4.72. The molecule has 0 aromatic heterocycles. The van der Waals surface area contributed by atoms with Crippen molar-refractivity contribution in [2.45, 2.75) is 38.6 Å². The van der Waals surface area contributed by atoms with Gasteiger partial charge in [-0.1, -0.05) is 13.3 Å². The van der Waals surface area contributed by atoms with E-state index >= 15 is 0 Å². The van der Waals surface area contributed by atoms with E-state index in [1.807, 2.05) is 18.2 Å². The Bertz CT molecular complexity index is 432. The smallest absolute Gasteiger partial charge is 0.225 e. The molecule has 2 rings (SSSR count). The molecule has 0 bridgehead atoms. The van der Waals surface area contributed by atoms with Crippen LogP contribution in [0.1, 0.15) is 31.7 Å². The van der Waals surface area contributed by atoms with E-state index in [0.29, 0.717) is 6.42 Å². The third-order valence-electron chi connectivity index (χ3n) is 3.08. The molecule has 0 radical (unpaired) electrons. The lowest BCUT2D eigenvalue weighted by molar-refractivity contribution is -0.116. The van der Waals surface area contributed by atoms with Gasteiger partial charge in [-0.15, -0.1) is 0 Å². The van der Waals surface area contributed by atoms with E-state index in [9.17, 15) is 4.79 Å². The van der Waals surface area contributed by atoms with Crippen LogP contribution in [0.25, 0.3) is 0 Å². The summed E-state index contributed by atoms with van der Waals surface area (Å²) in [4.78, 5) is 11.8. The first-order valence-electron chi connectivity index (χ1n) is 6.50. The van der Waals surface area contributed by atoms with Crippen molar-refractivity contribution >= 4 is 11.6 Å². The Labute approximate surface area is 108 Å². The molecular weight excluding hydrogens is 228 g/mol. The van der Waals surface area contributed by atoms with Gasteiger partial charge in [-0.25, -0.2) is 0 Å². The standard InChI is InChI=1S/C14H20N2O2/c1-2-3-11(15)9-14(17)16-12-4-5-13-10(8-12)6-7-18-13/h4-5,8,11H,2-3,6-7,9,15H2,1H3,(H,16,17). The lowest BCUT2D eigenvalue weighted by Gasteiger charge is -2.11. The van der Waals surface area contributed by atoms with Crippen LogP contribution in [0.15, 0.2) is 18.2 Å². The van der Waals surface area contributed by atoms with Crippen LogP contribution in [0, 0.1) is 0 Å². The molecule has 1 aliphatic rings. The highest BCUT2D eigenvalue weighted by Gasteiger charge is 2.14. The second kappa shape index (κ2) is 5.87. The van der Waals surface area contributed by atoms with Crippen molar-refractivity contribution < 1.29 is 9.53 Å². The molecule has 4 heteroatoms. The van der Waals surface area contributed by atoms with E-state index in [0.717, 1.165) is 42.9 Å². The van der Waals surface area contributed by atoms with E-state index in [2.05, 4.69) is 12.2 Å². The molecule has 1 aromatic rings. The molecule has 0 aliphatic carbocycles.